The second-order valence-corrected chi connectivity index (χ2v) is 4.28. The van der Waals surface area contributed by atoms with Crippen molar-refractivity contribution in [1.29, 1.82) is 5.26 Å². The van der Waals surface area contributed by atoms with E-state index in [0.717, 1.165) is 0 Å². The molecule has 0 aliphatic rings. The van der Waals surface area contributed by atoms with E-state index in [4.69, 9.17) is 16.9 Å². The lowest BCUT2D eigenvalue weighted by Crippen LogP contribution is -2.09. The zero-order valence-corrected chi connectivity index (χ0v) is 8.64. The van der Waals surface area contributed by atoms with E-state index in [2.05, 4.69) is 4.98 Å². The van der Waals surface area contributed by atoms with Crippen LogP contribution in [-0.4, -0.2) is 10.1 Å². The minimum absolute atomic E-state index is 0.401. The minimum Gasteiger partial charge on any atom is -0.385 e. The number of nitrogens with zero attached hydrogens (tertiary/aromatic N) is 2. The fourth-order valence-electron chi connectivity index (χ4n) is 0.961. The topological polar surface area (TPSA) is 56.9 Å². The monoisotopic (exact) mass is 216 g/mol. The summed E-state index contributed by atoms with van der Waals surface area (Å²) in [5, 5.41) is 18.9. The molecule has 1 aromatic heterocycles. The number of hydrogen-bond donors (Lipinski definition) is 1. The normalized spacial score (nSPS) is 14.9. The first-order chi connectivity index (χ1) is 6.19. The second kappa shape index (κ2) is 4.56. The first-order valence-corrected chi connectivity index (χ1v) is 5.07. The summed E-state index contributed by atoms with van der Waals surface area (Å²) in [5.41, 5.74) is 0. The van der Waals surface area contributed by atoms with Crippen LogP contribution in [0.2, 0.25) is 4.34 Å². The van der Waals surface area contributed by atoms with Crippen molar-refractivity contribution in [3.8, 4) is 6.07 Å². The van der Waals surface area contributed by atoms with Crippen LogP contribution in [0.15, 0.2) is 6.20 Å². The minimum atomic E-state index is -0.813. The molecule has 0 spiro atoms. The van der Waals surface area contributed by atoms with Crippen LogP contribution >= 0.6 is 22.9 Å². The fraction of sp³-hybridized carbons (Fsp3) is 0.500. The Morgan fingerprint density at radius 2 is 2.54 bits per heavy atom. The van der Waals surface area contributed by atoms with Gasteiger partial charge in [0.15, 0.2) is 0 Å². The summed E-state index contributed by atoms with van der Waals surface area (Å²) in [6, 6.07) is 2.03. The molecular weight excluding hydrogens is 208 g/mol. The maximum absolute atomic E-state index is 9.66. The largest absolute Gasteiger partial charge is 0.385 e. The molecule has 1 aromatic rings. The zero-order chi connectivity index (χ0) is 9.84. The standard InChI is InChI=1S/C8H9ClN2OS/c1-2-5(3-10)7(12)8-11-4-6(9)13-8/h4-5,7,12H,2H2,1H3. The van der Waals surface area contributed by atoms with E-state index in [1.165, 1.54) is 17.5 Å². The lowest BCUT2D eigenvalue weighted by Gasteiger charge is -2.10. The van der Waals surface area contributed by atoms with E-state index < -0.39 is 12.0 Å². The predicted molar refractivity (Wildman–Crippen MR) is 51.5 cm³/mol. The van der Waals surface area contributed by atoms with E-state index in [1.54, 1.807) is 0 Å². The molecule has 0 saturated heterocycles. The first-order valence-electron chi connectivity index (χ1n) is 3.88. The van der Waals surface area contributed by atoms with Crippen LogP contribution in [0.3, 0.4) is 0 Å². The maximum Gasteiger partial charge on any atom is 0.124 e. The summed E-state index contributed by atoms with van der Waals surface area (Å²) in [7, 11) is 0. The lowest BCUT2D eigenvalue weighted by molar-refractivity contribution is 0.132. The molecule has 0 radical (unpaired) electrons. The van der Waals surface area contributed by atoms with Gasteiger partial charge in [0.25, 0.3) is 0 Å². The molecular formula is C8H9ClN2OS. The predicted octanol–water partition coefficient (Wildman–Crippen LogP) is 2.38. The van der Waals surface area contributed by atoms with Gasteiger partial charge < -0.3 is 5.11 Å². The smallest absolute Gasteiger partial charge is 0.124 e. The molecule has 1 rings (SSSR count). The van der Waals surface area contributed by atoms with Crippen molar-refractivity contribution in [2.24, 2.45) is 5.92 Å². The van der Waals surface area contributed by atoms with E-state index in [1.807, 2.05) is 13.0 Å². The Labute approximate surface area is 85.6 Å². The molecule has 70 valence electrons. The van der Waals surface area contributed by atoms with Crippen molar-refractivity contribution in [1.82, 2.24) is 4.98 Å². The Morgan fingerprint density at radius 1 is 1.85 bits per heavy atom. The average Bonchev–Trinajstić information content (AvgIpc) is 2.54. The summed E-state index contributed by atoms with van der Waals surface area (Å²) < 4.78 is 0.529. The molecule has 0 saturated carbocycles. The Hall–Kier alpha value is -0.630. The Kier molecular flexibility index (Phi) is 3.67. The fourth-order valence-corrected chi connectivity index (χ4v) is 1.94. The van der Waals surface area contributed by atoms with Gasteiger partial charge in [-0.05, 0) is 6.42 Å². The van der Waals surface area contributed by atoms with Crippen LogP contribution in [0.4, 0.5) is 0 Å². The molecule has 1 N–H and O–H groups in total. The molecule has 13 heavy (non-hydrogen) atoms. The van der Waals surface area contributed by atoms with Gasteiger partial charge in [-0.15, -0.1) is 11.3 Å². The van der Waals surface area contributed by atoms with Crippen molar-refractivity contribution in [3.63, 3.8) is 0 Å². The number of aliphatic hydroxyl groups is 1. The molecule has 1 heterocycles. The van der Waals surface area contributed by atoms with E-state index in [-0.39, 0.29) is 0 Å². The molecule has 0 aromatic carbocycles. The molecule has 2 unspecified atom stereocenters. The third-order valence-corrected chi connectivity index (χ3v) is 2.92. The molecule has 0 bridgehead atoms. The summed E-state index contributed by atoms with van der Waals surface area (Å²) >= 11 is 6.87. The highest BCUT2D eigenvalue weighted by Crippen LogP contribution is 2.29. The molecule has 0 amide bonds. The Morgan fingerprint density at radius 3 is 2.92 bits per heavy atom. The number of thiazole rings is 1. The van der Waals surface area contributed by atoms with Gasteiger partial charge in [-0.1, -0.05) is 18.5 Å². The summed E-state index contributed by atoms with van der Waals surface area (Å²) in [4.78, 5) is 3.92. The van der Waals surface area contributed by atoms with Gasteiger partial charge >= 0.3 is 0 Å². The van der Waals surface area contributed by atoms with Crippen LogP contribution in [0.25, 0.3) is 0 Å². The molecule has 2 atom stereocenters. The van der Waals surface area contributed by atoms with Crippen molar-refractivity contribution in [2.75, 3.05) is 0 Å². The number of nitriles is 1. The van der Waals surface area contributed by atoms with Crippen molar-refractivity contribution in [3.05, 3.63) is 15.5 Å². The Bertz CT molecular complexity index is 320. The van der Waals surface area contributed by atoms with Gasteiger partial charge in [0.05, 0.1) is 18.2 Å². The summed E-state index contributed by atoms with van der Waals surface area (Å²) in [6.07, 6.45) is 1.27. The van der Waals surface area contributed by atoms with E-state index >= 15 is 0 Å². The van der Waals surface area contributed by atoms with E-state index in [9.17, 15) is 5.11 Å². The SMILES string of the molecule is CCC(C#N)C(O)c1ncc(Cl)s1. The Balaban J connectivity index is 2.78. The summed E-state index contributed by atoms with van der Waals surface area (Å²) in [6.45, 7) is 1.85. The molecule has 5 heteroatoms. The van der Waals surface area contributed by atoms with Gasteiger partial charge in [0.2, 0.25) is 0 Å². The van der Waals surface area contributed by atoms with Gasteiger partial charge in [-0.2, -0.15) is 5.26 Å². The number of rotatable bonds is 3. The van der Waals surface area contributed by atoms with Gasteiger partial charge in [-0.25, -0.2) is 4.98 Å². The van der Waals surface area contributed by atoms with Crippen LogP contribution in [0.5, 0.6) is 0 Å². The first kappa shape index (κ1) is 10.5. The summed E-state index contributed by atoms with van der Waals surface area (Å²) in [5.74, 6) is -0.401. The average molecular weight is 217 g/mol. The number of aromatic nitrogens is 1. The van der Waals surface area contributed by atoms with Crippen LogP contribution in [-0.2, 0) is 0 Å². The molecule has 0 fully saturated rings. The van der Waals surface area contributed by atoms with Crippen LogP contribution in [0.1, 0.15) is 24.5 Å². The molecule has 0 aliphatic carbocycles. The van der Waals surface area contributed by atoms with Gasteiger partial charge in [0, 0.05) is 0 Å². The van der Waals surface area contributed by atoms with Gasteiger partial charge in [-0.3, -0.25) is 0 Å². The highest BCUT2D eigenvalue weighted by Gasteiger charge is 2.21. The van der Waals surface area contributed by atoms with E-state index in [0.29, 0.717) is 15.8 Å². The third-order valence-electron chi connectivity index (χ3n) is 1.74. The molecule has 0 aliphatic heterocycles. The third kappa shape index (κ3) is 2.41. The highest BCUT2D eigenvalue weighted by atomic mass is 35.5. The van der Waals surface area contributed by atoms with Crippen molar-refractivity contribution >= 4 is 22.9 Å². The zero-order valence-electron chi connectivity index (χ0n) is 7.07. The number of hydrogen-bond acceptors (Lipinski definition) is 4. The second-order valence-electron chi connectivity index (χ2n) is 2.59. The molecule has 3 nitrogen and oxygen atoms in total. The quantitative estimate of drug-likeness (QED) is 0.844. The number of halogens is 1. The van der Waals surface area contributed by atoms with Crippen molar-refractivity contribution < 1.29 is 5.11 Å². The lowest BCUT2D eigenvalue weighted by atomic mass is 10.0. The van der Waals surface area contributed by atoms with Crippen molar-refractivity contribution in [2.45, 2.75) is 19.4 Å². The van der Waals surface area contributed by atoms with Crippen LogP contribution < -0.4 is 0 Å². The number of aliphatic hydroxyl groups excluding tert-OH is 1. The highest BCUT2D eigenvalue weighted by molar-refractivity contribution is 7.15. The maximum atomic E-state index is 9.66. The van der Waals surface area contributed by atoms with Gasteiger partial charge in [0.1, 0.15) is 15.4 Å². The van der Waals surface area contributed by atoms with Crippen LogP contribution in [0, 0.1) is 17.2 Å².